The standard InChI is InChI=1S/C19H23N3O3/c1-13-14(2)20-21-18(23)17(13)19(24)22-10-8-16(9-11-22)25-12-15-6-4-3-5-7-15/h3-7,16H,8-12H2,1-2H3,(H,21,23). The lowest BCUT2D eigenvalue weighted by Crippen LogP contribution is -2.43. The van der Waals surface area contributed by atoms with E-state index < -0.39 is 5.56 Å². The number of nitrogens with zero attached hydrogens (tertiary/aromatic N) is 2. The number of benzene rings is 1. The van der Waals surface area contributed by atoms with Gasteiger partial charge in [0.15, 0.2) is 0 Å². The fraction of sp³-hybridized carbons (Fsp3) is 0.421. The Morgan fingerprint density at radius 3 is 2.60 bits per heavy atom. The van der Waals surface area contributed by atoms with Crippen molar-refractivity contribution in [1.82, 2.24) is 15.1 Å². The van der Waals surface area contributed by atoms with Crippen LogP contribution in [-0.2, 0) is 11.3 Å². The zero-order chi connectivity index (χ0) is 17.8. The quantitative estimate of drug-likeness (QED) is 0.925. The summed E-state index contributed by atoms with van der Waals surface area (Å²) >= 11 is 0. The maximum Gasteiger partial charge on any atom is 0.277 e. The van der Waals surface area contributed by atoms with Crippen molar-refractivity contribution in [1.29, 1.82) is 0 Å². The minimum absolute atomic E-state index is 0.141. The molecule has 1 amide bonds. The van der Waals surface area contributed by atoms with Gasteiger partial charge in [-0.15, -0.1) is 0 Å². The van der Waals surface area contributed by atoms with Crippen LogP contribution in [0.5, 0.6) is 0 Å². The van der Waals surface area contributed by atoms with Crippen LogP contribution in [0.1, 0.15) is 40.0 Å². The third-order valence-corrected chi connectivity index (χ3v) is 4.74. The number of aromatic nitrogens is 2. The fourth-order valence-electron chi connectivity index (χ4n) is 3.06. The number of hydrogen-bond donors (Lipinski definition) is 1. The molecule has 1 aliphatic rings. The SMILES string of the molecule is Cc1n[nH]c(=O)c(C(=O)N2CCC(OCc3ccccc3)CC2)c1C. The van der Waals surface area contributed by atoms with Gasteiger partial charge < -0.3 is 9.64 Å². The summed E-state index contributed by atoms with van der Waals surface area (Å²) in [6, 6.07) is 10.1. The first-order valence-corrected chi connectivity index (χ1v) is 8.57. The van der Waals surface area contributed by atoms with Gasteiger partial charge in [-0.25, -0.2) is 5.10 Å². The number of ether oxygens (including phenoxy) is 1. The second-order valence-electron chi connectivity index (χ2n) is 6.43. The lowest BCUT2D eigenvalue weighted by molar-refractivity contribution is -0.000441. The first-order valence-electron chi connectivity index (χ1n) is 8.57. The molecule has 0 spiro atoms. The van der Waals surface area contributed by atoms with Crippen LogP contribution in [0.4, 0.5) is 0 Å². The number of likely N-dealkylation sites (tertiary alicyclic amines) is 1. The van der Waals surface area contributed by atoms with Crippen molar-refractivity contribution in [2.24, 2.45) is 0 Å². The summed E-state index contributed by atoms with van der Waals surface area (Å²) in [7, 11) is 0. The van der Waals surface area contributed by atoms with Crippen molar-refractivity contribution in [2.45, 2.75) is 39.4 Å². The smallest absolute Gasteiger partial charge is 0.277 e. The van der Waals surface area contributed by atoms with Gasteiger partial charge in [-0.05, 0) is 37.8 Å². The van der Waals surface area contributed by atoms with Crippen LogP contribution < -0.4 is 5.56 Å². The van der Waals surface area contributed by atoms with E-state index in [0.29, 0.717) is 31.0 Å². The molecule has 1 aromatic heterocycles. The van der Waals surface area contributed by atoms with Gasteiger partial charge in [-0.1, -0.05) is 30.3 Å². The zero-order valence-electron chi connectivity index (χ0n) is 14.6. The van der Waals surface area contributed by atoms with E-state index in [-0.39, 0.29) is 17.6 Å². The van der Waals surface area contributed by atoms with E-state index in [0.717, 1.165) is 18.4 Å². The largest absolute Gasteiger partial charge is 0.373 e. The van der Waals surface area contributed by atoms with Gasteiger partial charge in [0.25, 0.3) is 11.5 Å². The summed E-state index contributed by atoms with van der Waals surface area (Å²) in [6.45, 7) is 5.32. The highest BCUT2D eigenvalue weighted by molar-refractivity contribution is 5.95. The average molecular weight is 341 g/mol. The van der Waals surface area contributed by atoms with Crippen LogP contribution in [0.15, 0.2) is 35.1 Å². The minimum atomic E-state index is -0.421. The van der Waals surface area contributed by atoms with E-state index in [1.165, 1.54) is 0 Å². The Bertz CT molecular complexity index is 793. The second kappa shape index (κ2) is 7.61. The highest BCUT2D eigenvalue weighted by atomic mass is 16.5. The number of carbonyl (C=O) groups is 1. The number of amides is 1. The van der Waals surface area contributed by atoms with Crippen molar-refractivity contribution in [3.05, 3.63) is 63.1 Å². The summed E-state index contributed by atoms with van der Waals surface area (Å²) in [5.74, 6) is -0.217. The Morgan fingerprint density at radius 1 is 1.24 bits per heavy atom. The van der Waals surface area contributed by atoms with Gasteiger partial charge in [0, 0.05) is 13.1 Å². The molecular formula is C19H23N3O3. The van der Waals surface area contributed by atoms with E-state index in [1.807, 2.05) is 30.3 Å². The number of nitrogens with one attached hydrogen (secondary N) is 1. The number of aromatic amines is 1. The van der Waals surface area contributed by atoms with Crippen LogP contribution in [0.25, 0.3) is 0 Å². The molecule has 1 N–H and O–H groups in total. The predicted octanol–water partition coefficient (Wildman–Crippen LogP) is 2.21. The molecule has 6 nitrogen and oxygen atoms in total. The van der Waals surface area contributed by atoms with Crippen LogP contribution in [-0.4, -0.2) is 40.2 Å². The monoisotopic (exact) mass is 341 g/mol. The molecule has 0 radical (unpaired) electrons. The van der Waals surface area contributed by atoms with Gasteiger partial charge in [0.2, 0.25) is 0 Å². The van der Waals surface area contributed by atoms with Crippen LogP contribution >= 0.6 is 0 Å². The summed E-state index contributed by atoms with van der Waals surface area (Å²) in [5, 5.41) is 6.30. The topological polar surface area (TPSA) is 75.3 Å². The molecule has 1 aromatic carbocycles. The summed E-state index contributed by atoms with van der Waals surface area (Å²) in [5.41, 5.74) is 2.25. The Morgan fingerprint density at radius 2 is 1.92 bits per heavy atom. The molecule has 3 rings (SSSR count). The molecule has 2 aromatic rings. The number of piperidine rings is 1. The van der Waals surface area contributed by atoms with E-state index in [1.54, 1.807) is 18.7 Å². The van der Waals surface area contributed by atoms with Gasteiger partial charge in [0.1, 0.15) is 5.56 Å². The Balaban J connectivity index is 1.58. The molecular weight excluding hydrogens is 318 g/mol. The molecule has 0 saturated carbocycles. The van der Waals surface area contributed by atoms with Gasteiger partial charge in [0.05, 0.1) is 18.4 Å². The molecule has 0 aliphatic carbocycles. The average Bonchev–Trinajstić information content (AvgIpc) is 2.64. The van der Waals surface area contributed by atoms with E-state index in [9.17, 15) is 9.59 Å². The van der Waals surface area contributed by atoms with E-state index >= 15 is 0 Å². The molecule has 2 heterocycles. The maximum absolute atomic E-state index is 12.7. The third kappa shape index (κ3) is 3.96. The number of hydrogen-bond acceptors (Lipinski definition) is 4. The Labute approximate surface area is 146 Å². The van der Waals surface area contributed by atoms with Crippen molar-refractivity contribution in [2.75, 3.05) is 13.1 Å². The van der Waals surface area contributed by atoms with Crippen LogP contribution in [0.2, 0.25) is 0 Å². The molecule has 132 valence electrons. The first-order chi connectivity index (χ1) is 12.1. The lowest BCUT2D eigenvalue weighted by atomic mass is 10.0. The van der Waals surface area contributed by atoms with E-state index in [4.69, 9.17) is 4.74 Å². The summed E-state index contributed by atoms with van der Waals surface area (Å²) in [6.07, 6.45) is 1.70. The van der Waals surface area contributed by atoms with Crippen LogP contribution in [0, 0.1) is 13.8 Å². The Hall–Kier alpha value is -2.47. The molecule has 1 aliphatic heterocycles. The van der Waals surface area contributed by atoms with E-state index in [2.05, 4.69) is 10.2 Å². The molecule has 0 atom stereocenters. The van der Waals surface area contributed by atoms with Crippen LogP contribution in [0.3, 0.4) is 0 Å². The molecule has 0 bridgehead atoms. The number of aryl methyl sites for hydroxylation is 1. The molecule has 25 heavy (non-hydrogen) atoms. The maximum atomic E-state index is 12.7. The summed E-state index contributed by atoms with van der Waals surface area (Å²) in [4.78, 5) is 26.5. The minimum Gasteiger partial charge on any atom is -0.373 e. The number of rotatable bonds is 4. The molecule has 1 fully saturated rings. The third-order valence-electron chi connectivity index (χ3n) is 4.74. The highest BCUT2D eigenvalue weighted by Crippen LogP contribution is 2.18. The first kappa shape index (κ1) is 17.4. The molecule has 1 saturated heterocycles. The van der Waals surface area contributed by atoms with Gasteiger partial charge >= 0.3 is 0 Å². The zero-order valence-corrected chi connectivity index (χ0v) is 14.6. The molecule has 6 heteroatoms. The highest BCUT2D eigenvalue weighted by Gasteiger charge is 2.27. The number of H-pyrrole nitrogens is 1. The Kier molecular flexibility index (Phi) is 5.28. The summed E-state index contributed by atoms with van der Waals surface area (Å²) < 4.78 is 5.95. The van der Waals surface area contributed by atoms with Gasteiger partial charge in [-0.3, -0.25) is 9.59 Å². The lowest BCUT2D eigenvalue weighted by Gasteiger charge is -2.32. The molecule has 0 unspecified atom stereocenters. The van der Waals surface area contributed by atoms with Crippen molar-refractivity contribution < 1.29 is 9.53 Å². The van der Waals surface area contributed by atoms with Crippen molar-refractivity contribution in [3.63, 3.8) is 0 Å². The fourth-order valence-corrected chi connectivity index (χ4v) is 3.06. The normalized spacial score (nSPS) is 15.4. The predicted molar refractivity (Wildman–Crippen MR) is 94.5 cm³/mol. The second-order valence-corrected chi connectivity index (χ2v) is 6.43. The van der Waals surface area contributed by atoms with Crippen molar-refractivity contribution in [3.8, 4) is 0 Å². The van der Waals surface area contributed by atoms with Crippen molar-refractivity contribution >= 4 is 5.91 Å². The number of carbonyl (C=O) groups excluding carboxylic acids is 1. The van der Waals surface area contributed by atoms with Gasteiger partial charge in [-0.2, -0.15) is 5.10 Å².